The van der Waals surface area contributed by atoms with E-state index >= 15 is 0 Å². The average Bonchev–Trinajstić information content (AvgIpc) is 2.97. The Labute approximate surface area is 181 Å². The molecule has 1 heterocycles. The minimum atomic E-state index is -0.504. The molecule has 2 aromatic rings. The summed E-state index contributed by atoms with van der Waals surface area (Å²) in [5, 5.41) is 3.04. The standard InChI is InChI=1S/C23H27N3O3S/c1-15-6-5-7-18(12-15)24-23-26(10-11-29-4)22(28)20(30-23)14-21(27)25-19-13-16(2)8-9-17(19)3/h5-9,12-13,20H,10-11,14H2,1-4H3,(H,25,27)/t20-/m1/s1. The largest absolute Gasteiger partial charge is 0.383 e. The van der Waals surface area contributed by atoms with Crippen LogP contribution in [0.5, 0.6) is 0 Å². The van der Waals surface area contributed by atoms with Crippen molar-refractivity contribution < 1.29 is 14.3 Å². The molecule has 7 heteroatoms. The van der Waals surface area contributed by atoms with Gasteiger partial charge < -0.3 is 10.1 Å². The number of thioether (sulfide) groups is 1. The first-order valence-electron chi connectivity index (χ1n) is 9.87. The zero-order chi connectivity index (χ0) is 21.7. The Morgan fingerprint density at radius 3 is 2.67 bits per heavy atom. The molecule has 0 saturated carbocycles. The highest BCUT2D eigenvalue weighted by atomic mass is 32.2. The normalized spacial score (nSPS) is 17.6. The van der Waals surface area contributed by atoms with Gasteiger partial charge in [0.15, 0.2) is 5.17 Å². The molecule has 1 atom stereocenters. The van der Waals surface area contributed by atoms with E-state index in [2.05, 4.69) is 10.3 Å². The minimum absolute atomic E-state index is 0.0905. The third-order valence-electron chi connectivity index (χ3n) is 4.80. The molecule has 0 unspecified atom stereocenters. The van der Waals surface area contributed by atoms with Crippen molar-refractivity contribution in [2.45, 2.75) is 32.4 Å². The van der Waals surface area contributed by atoms with Gasteiger partial charge in [-0.3, -0.25) is 14.5 Å². The predicted octanol–water partition coefficient (Wildman–Crippen LogP) is 4.22. The number of hydrogen-bond donors (Lipinski definition) is 1. The lowest BCUT2D eigenvalue weighted by atomic mass is 10.1. The van der Waals surface area contributed by atoms with E-state index in [0.29, 0.717) is 18.3 Å². The highest BCUT2D eigenvalue weighted by molar-refractivity contribution is 8.15. The number of amides is 2. The van der Waals surface area contributed by atoms with Crippen LogP contribution in [0.1, 0.15) is 23.1 Å². The second kappa shape index (κ2) is 9.91. The Bertz CT molecular complexity index is 974. The fraction of sp³-hybridized carbons (Fsp3) is 0.348. The molecule has 0 radical (unpaired) electrons. The van der Waals surface area contributed by atoms with Crippen LogP contribution in [0.25, 0.3) is 0 Å². The maximum Gasteiger partial charge on any atom is 0.242 e. The van der Waals surface area contributed by atoms with Crippen molar-refractivity contribution >= 4 is 40.1 Å². The molecule has 1 N–H and O–H groups in total. The summed E-state index contributed by atoms with van der Waals surface area (Å²) in [4.78, 5) is 31.9. The van der Waals surface area contributed by atoms with Gasteiger partial charge in [0.05, 0.1) is 18.8 Å². The summed E-state index contributed by atoms with van der Waals surface area (Å²) in [6, 6.07) is 13.7. The van der Waals surface area contributed by atoms with Crippen molar-refractivity contribution in [1.82, 2.24) is 4.90 Å². The molecule has 1 aliphatic rings. The van der Waals surface area contributed by atoms with Gasteiger partial charge in [0.1, 0.15) is 5.25 Å². The van der Waals surface area contributed by atoms with Crippen molar-refractivity contribution in [3.8, 4) is 0 Å². The van der Waals surface area contributed by atoms with E-state index in [1.807, 2.05) is 63.2 Å². The maximum absolute atomic E-state index is 13.0. The molecular formula is C23H27N3O3S. The van der Waals surface area contributed by atoms with Crippen LogP contribution < -0.4 is 5.32 Å². The van der Waals surface area contributed by atoms with Crippen LogP contribution in [0.4, 0.5) is 11.4 Å². The summed E-state index contributed by atoms with van der Waals surface area (Å²) in [7, 11) is 1.60. The maximum atomic E-state index is 13.0. The van der Waals surface area contributed by atoms with Crippen LogP contribution in [0.2, 0.25) is 0 Å². The summed E-state index contributed by atoms with van der Waals surface area (Å²) in [5.41, 5.74) is 4.72. The fourth-order valence-corrected chi connectivity index (χ4v) is 4.35. The molecule has 0 spiro atoms. The number of nitrogens with zero attached hydrogens (tertiary/aromatic N) is 2. The number of carbonyl (C=O) groups is 2. The summed E-state index contributed by atoms with van der Waals surface area (Å²) >= 11 is 1.33. The Morgan fingerprint density at radius 2 is 1.93 bits per heavy atom. The number of aryl methyl sites for hydroxylation is 3. The molecule has 2 aromatic carbocycles. The second-order valence-electron chi connectivity index (χ2n) is 7.39. The number of ether oxygens (including phenoxy) is 1. The Balaban J connectivity index is 1.75. The quantitative estimate of drug-likeness (QED) is 0.721. The van der Waals surface area contributed by atoms with E-state index in [-0.39, 0.29) is 18.2 Å². The number of carbonyl (C=O) groups excluding carboxylic acids is 2. The smallest absolute Gasteiger partial charge is 0.242 e. The molecule has 158 valence electrons. The number of anilines is 1. The number of methoxy groups -OCH3 is 1. The molecule has 0 aromatic heterocycles. The van der Waals surface area contributed by atoms with Crippen molar-refractivity contribution in [3.05, 3.63) is 59.2 Å². The van der Waals surface area contributed by atoms with E-state index < -0.39 is 5.25 Å². The molecule has 6 nitrogen and oxygen atoms in total. The molecular weight excluding hydrogens is 398 g/mol. The molecule has 2 amide bonds. The van der Waals surface area contributed by atoms with Crippen LogP contribution in [-0.2, 0) is 14.3 Å². The first-order valence-corrected chi connectivity index (χ1v) is 10.7. The number of aliphatic imine (C=N–C) groups is 1. The molecule has 3 rings (SSSR count). The SMILES string of the molecule is COCCN1C(=O)[C@@H](CC(=O)Nc2cc(C)ccc2C)SC1=Nc1cccc(C)c1. The molecule has 0 aliphatic carbocycles. The van der Waals surface area contributed by atoms with E-state index in [1.165, 1.54) is 11.8 Å². The molecule has 30 heavy (non-hydrogen) atoms. The Morgan fingerprint density at radius 1 is 1.17 bits per heavy atom. The lowest BCUT2D eigenvalue weighted by molar-refractivity contribution is -0.128. The van der Waals surface area contributed by atoms with E-state index in [0.717, 1.165) is 28.1 Å². The first kappa shape index (κ1) is 22.1. The Kier molecular flexibility index (Phi) is 7.29. The summed E-state index contributed by atoms with van der Waals surface area (Å²) in [5.74, 6) is -0.294. The second-order valence-corrected chi connectivity index (χ2v) is 8.56. The summed E-state index contributed by atoms with van der Waals surface area (Å²) in [6.07, 6.45) is 0.0905. The van der Waals surface area contributed by atoms with Gasteiger partial charge in [-0.1, -0.05) is 36.0 Å². The highest BCUT2D eigenvalue weighted by Gasteiger charge is 2.39. The van der Waals surface area contributed by atoms with Crippen molar-refractivity contribution in [2.75, 3.05) is 25.6 Å². The van der Waals surface area contributed by atoms with Crippen LogP contribution in [0.3, 0.4) is 0 Å². The molecule has 0 bridgehead atoms. The molecule has 1 aliphatic heterocycles. The monoisotopic (exact) mass is 425 g/mol. The predicted molar refractivity (Wildman–Crippen MR) is 122 cm³/mol. The number of hydrogen-bond acceptors (Lipinski definition) is 5. The van der Waals surface area contributed by atoms with Gasteiger partial charge in [-0.15, -0.1) is 0 Å². The van der Waals surface area contributed by atoms with Gasteiger partial charge in [-0.2, -0.15) is 0 Å². The topological polar surface area (TPSA) is 71.0 Å². The van der Waals surface area contributed by atoms with Crippen LogP contribution >= 0.6 is 11.8 Å². The van der Waals surface area contributed by atoms with Gasteiger partial charge >= 0.3 is 0 Å². The van der Waals surface area contributed by atoms with E-state index in [4.69, 9.17) is 4.74 Å². The average molecular weight is 426 g/mol. The van der Waals surface area contributed by atoms with Gasteiger partial charge in [0.25, 0.3) is 0 Å². The zero-order valence-electron chi connectivity index (χ0n) is 17.8. The number of rotatable bonds is 7. The highest BCUT2D eigenvalue weighted by Crippen LogP contribution is 2.32. The Hall–Kier alpha value is -2.64. The molecule has 1 fully saturated rings. The number of benzene rings is 2. The van der Waals surface area contributed by atoms with Crippen LogP contribution in [-0.4, -0.2) is 47.4 Å². The lowest BCUT2D eigenvalue weighted by Gasteiger charge is -2.16. The van der Waals surface area contributed by atoms with Crippen LogP contribution in [0, 0.1) is 20.8 Å². The van der Waals surface area contributed by atoms with Gasteiger partial charge in [-0.05, 0) is 55.7 Å². The lowest BCUT2D eigenvalue weighted by Crippen LogP contribution is -2.35. The summed E-state index contributed by atoms with van der Waals surface area (Å²) < 4.78 is 5.15. The number of nitrogens with one attached hydrogen (secondary N) is 1. The minimum Gasteiger partial charge on any atom is -0.383 e. The van der Waals surface area contributed by atoms with Crippen LogP contribution in [0.15, 0.2) is 47.5 Å². The summed E-state index contributed by atoms with van der Waals surface area (Å²) in [6.45, 7) is 6.74. The van der Waals surface area contributed by atoms with Gasteiger partial charge in [-0.25, -0.2) is 4.99 Å². The fourth-order valence-electron chi connectivity index (χ4n) is 3.16. The number of amidine groups is 1. The third-order valence-corrected chi connectivity index (χ3v) is 5.98. The van der Waals surface area contributed by atoms with Crippen molar-refractivity contribution in [2.24, 2.45) is 4.99 Å². The van der Waals surface area contributed by atoms with E-state index in [1.54, 1.807) is 12.0 Å². The van der Waals surface area contributed by atoms with E-state index in [9.17, 15) is 9.59 Å². The zero-order valence-corrected chi connectivity index (χ0v) is 18.6. The van der Waals surface area contributed by atoms with Gasteiger partial charge in [0.2, 0.25) is 11.8 Å². The van der Waals surface area contributed by atoms with Crippen molar-refractivity contribution in [1.29, 1.82) is 0 Å². The molecule has 1 saturated heterocycles. The third kappa shape index (κ3) is 5.49. The first-order chi connectivity index (χ1) is 14.4. The van der Waals surface area contributed by atoms with Crippen molar-refractivity contribution in [3.63, 3.8) is 0 Å². The van der Waals surface area contributed by atoms with Gasteiger partial charge in [0, 0.05) is 19.2 Å².